The number of hydrogen-bond acceptors (Lipinski definition) is 10. The average molecular weight is 481 g/mol. The third-order valence-electron chi connectivity index (χ3n) is 4.33. The summed E-state index contributed by atoms with van der Waals surface area (Å²) in [4.78, 5) is 43.3. The molecule has 11 heteroatoms. The Hall–Kier alpha value is -2.85. The molecule has 3 rings (SSSR count). The average Bonchev–Trinajstić information content (AvgIpc) is 2.72. The van der Waals surface area contributed by atoms with E-state index >= 15 is 0 Å². The second kappa shape index (κ2) is 10.6. The van der Waals surface area contributed by atoms with Crippen LogP contribution < -0.4 is 4.74 Å². The summed E-state index contributed by atoms with van der Waals surface area (Å²) in [6.07, 6.45) is 1.89. The fraction of sp³-hybridized carbons (Fsp3) is 0.381. The topological polar surface area (TPSA) is 114 Å². The quantitative estimate of drug-likeness (QED) is 0.451. The molecule has 2 aromatic heterocycles. The van der Waals surface area contributed by atoms with Crippen LogP contribution in [0.2, 0.25) is 5.02 Å². The van der Waals surface area contributed by atoms with Crippen LogP contribution in [0.5, 0.6) is 5.75 Å². The minimum absolute atomic E-state index is 0.260. The number of halogens is 1. The number of rotatable bonds is 6. The van der Waals surface area contributed by atoms with Crippen LogP contribution >= 0.6 is 23.4 Å². The molecule has 0 N–H and O–H groups in total. The van der Waals surface area contributed by atoms with Gasteiger partial charge in [-0.3, -0.25) is 24.4 Å². The first kappa shape index (κ1) is 23.8. The normalized spacial score (nSPS) is 22.5. The van der Waals surface area contributed by atoms with Gasteiger partial charge in [-0.1, -0.05) is 11.6 Å². The van der Waals surface area contributed by atoms with E-state index in [1.54, 1.807) is 30.6 Å². The van der Waals surface area contributed by atoms with E-state index in [0.29, 0.717) is 16.5 Å². The van der Waals surface area contributed by atoms with Crippen LogP contribution in [-0.2, 0) is 28.6 Å². The molecule has 1 fully saturated rings. The van der Waals surface area contributed by atoms with Gasteiger partial charge in [-0.25, -0.2) is 0 Å². The first-order valence-electron chi connectivity index (χ1n) is 9.60. The zero-order chi connectivity index (χ0) is 23.3. The number of aromatic nitrogens is 2. The summed E-state index contributed by atoms with van der Waals surface area (Å²) in [5.41, 5.74) is 0.585. The molecule has 0 amide bonds. The van der Waals surface area contributed by atoms with Gasteiger partial charge < -0.3 is 18.9 Å². The molecule has 32 heavy (non-hydrogen) atoms. The minimum Gasteiger partial charge on any atom is -0.474 e. The number of ether oxygens (including phenoxy) is 4. The van der Waals surface area contributed by atoms with E-state index in [1.807, 2.05) is 0 Å². The zero-order valence-corrected chi connectivity index (χ0v) is 19.1. The minimum atomic E-state index is -1.04. The van der Waals surface area contributed by atoms with E-state index < -0.39 is 41.7 Å². The number of esters is 3. The van der Waals surface area contributed by atoms with Gasteiger partial charge in [0.25, 0.3) is 0 Å². The molecule has 4 atom stereocenters. The van der Waals surface area contributed by atoms with Crippen LogP contribution in [-0.4, -0.2) is 57.4 Å². The molecule has 2 aromatic rings. The molecule has 0 saturated carbocycles. The Kier molecular flexibility index (Phi) is 7.92. The summed E-state index contributed by atoms with van der Waals surface area (Å²) in [5.74, 6) is -1.17. The van der Waals surface area contributed by atoms with Crippen LogP contribution in [0.3, 0.4) is 0 Å². The third kappa shape index (κ3) is 6.10. The summed E-state index contributed by atoms with van der Waals surface area (Å²) in [7, 11) is 0. The standard InChI is InChI=1S/C21H21ClN2O7S/c1-11(25)28-17-10-32-21(20(30-13(3)27)19(17)29-12(2)26)31-15-8-16(22)18(24-9-15)14-4-6-23-7-5-14/h4-9,17,19-21H,10H2,1-3H3/t17-,19+,20-,21?/m1/s1. The fourth-order valence-corrected chi connectivity index (χ4v) is 4.63. The van der Waals surface area contributed by atoms with E-state index in [0.717, 1.165) is 5.56 Å². The number of pyridine rings is 2. The first-order chi connectivity index (χ1) is 15.2. The van der Waals surface area contributed by atoms with Gasteiger partial charge in [-0.15, -0.1) is 11.8 Å². The monoisotopic (exact) mass is 480 g/mol. The Bertz CT molecular complexity index is 991. The number of hydrogen-bond donors (Lipinski definition) is 0. The second-order valence-electron chi connectivity index (χ2n) is 6.85. The van der Waals surface area contributed by atoms with Gasteiger partial charge in [0, 0.05) is 50.5 Å². The molecular weight excluding hydrogens is 460 g/mol. The molecule has 0 aromatic carbocycles. The molecule has 3 heterocycles. The first-order valence-corrected chi connectivity index (χ1v) is 11.0. The summed E-state index contributed by atoms with van der Waals surface area (Å²) in [6.45, 7) is 3.69. The van der Waals surface area contributed by atoms with Gasteiger partial charge in [0.05, 0.1) is 16.9 Å². The predicted molar refractivity (Wildman–Crippen MR) is 116 cm³/mol. The van der Waals surface area contributed by atoms with E-state index in [4.69, 9.17) is 30.5 Å². The lowest BCUT2D eigenvalue weighted by atomic mass is 10.1. The van der Waals surface area contributed by atoms with Crippen LogP contribution in [0.25, 0.3) is 11.3 Å². The lowest BCUT2D eigenvalue weighted by Gasteiger charge is -2.39. The smallest absolute Gasteiger partial charge is 0.303 e. The maximum Gasteiger partial charge on any atom is 0.303 e. The van der Waals surface area contributed by atoms with Crippen LogP contribution in [0, 0.1) is 0 Å². The molecule has 0 radical (unpaired) electrons. The Morgan fingerprint density at radius 1 is 1.00 bits per heavy atom. The number of carbonyl (C=O) groups excluding carboxylic acids is 3. The van der Waals surface area contributed by atoms with E-state index in [-0.39, 0.29) is 5.75 Å². The number of nitrogens with zero attached hydrogens (tertiary/aromatic N) is 2. The highest BCUT2D eigenvalue weighted by Gasteiger charge is 2.47. The van der Waals surface area contributed by atoms with Crippen molar-refractivity contribution in [1.29, 1.82) is 0 Å². The van der Waals surface area contributed by atoms with E-state index in [9.17, 15) is 14.4 Å². The van der Waals surface area contributed by atoms with Gasteiger partial charge in [-0.05, 0) is 12.1 Å². The Morgan fingerprint density at radius 3 is 2.22 bits per heavy atom. The predicted octanol–water partition coefficient (Wildman–Crippen LogP) is 3.04. The fourth-order valence-electron chi connectivity index (χ4n) is 3.15. The molecule has 0 bridgehead atoms. The highest BCUT2D eigenvalue weighted by Crippen LogP contribution is 2.35. The van der Waals surface area contributed by atoms with Gasteiger partial charge >= 0.3 is 17.9 Å². The highest BCUT2D eigenvalue weighted by molar-refractivity contribution is 7.99. The van der Waals surface area contributed by atoms with Crippen LogP contribution in [0.1, 0.15) is 20.8 Å². The number of thioether (sulfide) groups is 1. The van der Waals surface area contributed by atoms with Crippen molar-refractivity contribution in [1.82, 2.24) is 9.97 Å². The van der Waals surface area contributed by atoms with Crippen molar-refractivity contribution in [2.75, 3.05) is 5.75 Å². The molecule has 170 valence electrons. The van der Waals surface area contributed by atoms with Gasteiger partial charge in [0.15, 0.2) is 23.7 Å². The van der Waals surface area contributed by atoms with Crippen molar-refractivity contribution in [2.45, 2.75) is 44.5 Å². The molecule has 1 unspecified atom stereocenters. The molecule has 1 aliphatic rings. The van der Waals surface area contributed by atoms with E-state index in [1.165, 1.54) is 38.7 Å². The van der Waals surface area contributed by atoms with E-state index in [2.05, 4.69) is 9.97 Å². The van der Waals surface area contributed by atoms with Crippen molar-refractivity contribution in [3.63, 3.8) is 0 Å². The van der Waals surface area contributed by atoms with Crippen molar-refractivity contribution in [2.24, 2.45) is 0 Å². The summed E-state index contributed by atoms with van der Waals surface area (Å²) >= 11 is 7.65. The van der Waals surface area contributed by atoms with Gasteiger partial charge in [0.1, 0.15) is 5.75 Å². The van der Waals surface area contributed by atoms with Crippen molar-refractivity contribution in [3.8, 4) is 17.0 Å². The third-order valence-corrected chi connectivity index (χ3v) is 5.83. The molecule has 1 aliphatic heterocycles. The molecule has 0 aliphatic carbocycles. The van der Waals surface area contributed by atoms with Crippen molar-refractivity contribution < 1.29 is 33.3 Å². The highest BCUT2D eigenvalue weighted by atomic mass is 35.5. The maximum atomic E-state index is 11.8. The molecular formula is C21H21ClN2O7S. The lowest BCUT2D eigenvalue weighted by molar-refractivity contribution is -0.186. The summed E-state index contributed by atoms with van der Waals surface area (Å²) < 4.78 is 22.0. The lowest BCUT2D eigenvalue weighted by Crippen LogP contribution is -2.55. The molecule has 1 saturated heterocycles. The van der Waals surface area contributed by atoms with Crippen LogP contribution in [0.15, 0.2) is 36.8 Å². The summed E-state index contributed by atoms with van der Waals surface area (Å²) in [6, 6.07) is 5.15. The molecule has 0 spiro atoms. The zero-order valence-electron chi connectivity index (χ0n) is 17.5. The van der Waals surface area contributed by atoms with Gasteiger partial charge in [0.2, 0.25) is 0 Å². The van der Waals surface area contributed by atoms with Gasteiger partial charge in [-0.2, -0.15) is 0 Å². The maximum absolute atomic E-state index is 11.8. The summed E-state index contributed by atoms with van der Waals surface area (Å²) in [5, 5.41) is 0.355. The number of carbonyl (C=O) groups is 3. The largest absolute Gasteiger partial charge is 0.474 e. The molecule has 9 nitrogen and oxygen atoms in total. The second-order valence-corrected chi connectivity index (χ2v) is 8.39. The van der Waals surface area contributed by atoms with Crippen LogP contribution in [0.4, 0.5) is 0 Å². The Morgan fingerprint density at radius 2 is 1.62 bits per heavy atom. The van der Waals surface area contributed by atoms with Crippen molar-refractivity contribution >= 4 is 41.3 Å². The Labute approximate surface area is 193 Å². The SMILES string of the molecule is CC(=O)O[C@H]1[C@H](OC(C)=O)CSC(Oc2cnc(-c3ccncc3)c(Cl)c2)[C@@H]1OC(C)=O. The Balaban J connectivity index is 1.85. The van der Waals surface area contributed by atoms with Crippen molar-refractivity contribution in [3.05, 3.63) is 41.8 Å².